The van der Waals surface area contributed by atoms with Crippen molar-refractivity contribution in [3.63, 3.8) is 0 Å². The van der Waals surface area contributed by atoms with Gasteiger partial charge in [0, 0.05) is 55.6 Å². The van der Waals surface area contributed by atoms with Gasteiger partial charge in [0.2, 0.25) is 11.0 Å². The fourth-order valence-corrected chi connectivity index (χ4v) is 5.72. The molecule has 9 nitrogen and oxygen atoms in total. The molecule has 1 atom stereocenters. The van der Waals surface area contributed by atoms with Crippen molar-refractivity contribution in [3.05, 3.63) is 23.7 Å². The van der Waals surface area contributed by atoms with Crippen molar-refractivity contribution >= 4 is 38.2 Å². The fraction of sp³-hybridized carbons (Fsp3) is 0.619. The Hall–Kier alpha value is -2.27. The van der Waals surface area contributed by atoms with Gasteiger partial charge in [0.05, 0.1) is 4.90 Å². The molecule has 1 amide bonds. The topological polar surface area (TPSA) is 108 Å². The lowest BCUT2D eigenvalue weighted by atomic mass is 10.0. The molecule has 2 aliphatic heterocycles. The minimum Gasteiger partial charge on any atom is -0.358 e. The largest absolute Gasteiger partial charge is 0.358 e. The highest BCUT2D eigenvalue weighted by Gasteiger charge is 2.37. The second-order valence-electron chi connectivity index (χ2n) is 8.93. The summed E-state index contributed by atoms with van der Waals surface area (Å²) in [7, 11) is -3.31. The molecule has 2 saturated heterocycles. The van der Waals surface area contributed by atoms with Gasteiger partial charge < -0.3 is 15.1 Å². The van der Waals surface area contributed by atoms with Gasteiger partial charge in [0.15, 0.2) is 9.84 Å². The van der Waals surface area contributed by atoms with Crippen LogP contribution >= 0.6 is 11.5 Å². The Kier molecular flexibility index (Phi) is 6.39. The van der Waals surface area contributed by atoms with Gasteiger partial charge in [-0.3, -0.25) is 4.79 Å². The Morgan fingerprint density at radius 1 is 1.19 bits per heavy atom. The fourth-order valence-electron chi connectivity index (χ4n) is 4.22. The minimum absolute atomic E-state index is 0.0925. The number of amides is 1. The van der Waals surface area contributed by atoms with Crippen LogP contribution in [0.2, 0.25) is 0 Å². The molecule has 1 unspecified atom stereocenters. The summed E-state index contributed by atoms with van der Waals surface area (Å²) in [6, 6.07) is 1.49. The second kappa shape index (κ2) is 8.93. The molecular weight excluding hydrogens is 448 g/mol. The van der Waals surface area contributed by atoms with E-state index >= 15 is 0 Å². The number of nitrogens with zero attached hydrogens (tertiary/aromatic N) is 5. The molecule has 4 heterocycles. The molecule has 0 bridgehead atoms. The van der Waals surface area contributed by atoms with Gasteiger partial charge >= 0.3 is 0 Å². The molecule has 4 rings (SSSR count). The highest BCUT2D eigenvalue weighted by Crippen LogP contribution is 2.29. The summed E-state index contributed by atoms with van der Waals surface area (Å²) >= 11 is 1.45. The van der Waals surface area contributed by atoms with Crippen LogP contribution in [0.15, 0.2) is 17.2 Å². The van der Waals surface area contributed by atoms with E-state index in [1.807, 2.05) is 4.90 Å². The van der Waals surface area contributed by atoms with Crippen LogP contribution in [0.25, 0.3) is 0 Å². The Morgan fingerprint density at radius 2 is 1.91 bits per heavy atom. The standard InChI is InChI=1S/C21H30N6O3S2/c1-13(2)18-24-21(31-25-18)26-8-5-15(6-9-26)27-10-7-17(20(27)28)23-19-14(3)11-16(12-22-19)32(4,29)30/h11-13,15,17H,5-10H2,1-4H3,(H,22,23). The number of carbonyl (C=O) groups is 1. The number of likely N-dealkylation sites (tertiary alicyclic amines) is 1. The quantitative estimate of drug-likeness (QED) is 0.674. The maximum atomic E-state index is 13.1. The van der Waals surface area contributed by atoms with Gasteiger partial charge in [-0.25, -0.2) is 18.4 Å². The Morgan fingerprint density at radius 3 is 2.50 bits per heavy atom. The average molecular weight is 479 g/mol. The molecule has 1 N–H and O–H groups in total. The molecule has 11 heteroatoms. The lowest BCUT2D eigenvalue weighted by molar-refractivity contribution is -0.130. The van der Waals surface area contributed by atoms with Crippen molar-refractivity contribution in [2.24, 2.45) is 0 Å². The molecule has 0 radical (unpaired) electrons. The summed E-state index contributed by atoms with van der Waals surface area (Å²) in [4.78, 5) is 26.4. The molecule has 174 valence electrons. The first kappa shape index (κ1) is 22.9. The molecule has 32 heavy (non-hydrogen) atoms. The molecule has 2 aliphatic rings. The van der Waals surface area contributed by atoms with E-state index in [1.54, 1.807) is 13.0 Å². The average Bonchev–Trinajstić information content (AvgIpc) is 3.37. The van der Waals surface area contributed by atoms with Crippen molar-refractivity contribution < 1.29 is 13.2 Å². The maximum absolute atomic E-state index is 13.1. The van der Waals surface area contributed by atoms with Crippen LogP contribution in [0.4, 0.5) is 10.9 Å². The van der Waals surface area contributed by atoms with Crippen LogP contribution < -0.4 is 10.2 Å². The number of aryl methyl sites for hydroxylation is 1. The highest BCUT2D eigenvalue weighted by molar-refractivity contribution is 7.90. The van der Waals surface area contributed by atoms with E-state index in [0.29, 0.717) is 23.7 Å². The molecule has 2 aromatic heterocycles. The maximum Gasteiger partial charge on any atom is 0.245 e. The van der Waals surface area contributed by atoms with Crippen LogP contribution in [0.5, 0.6) is 0 Å². The number of hydrogen-bond donors (Lipinski definition) is 1. The first-order valence-corrected chi connectivity index (χ1v) is 13.6. The van der Waals surface area contributed by atoms with Gasteiger partial charge in [0.25, 0.3) is 0 Å². The molecule has 0 saturated carbocycles. The number of hydrogen-bond acceptors (Lipinski definition) is 9. The number of piperidine rings is 1. The third kappa shape index (κ3) is 4.73. The zero-order valence-corrected chi connectivity index (χ0v) is 20.5. The summed E-state index contributed by atoms with van der Waals surface area (Å²) in [5, 5.41) is 4.20. The third-order valence-electron chi connectivity index (χ3n) is 6.16. The summed E-state index contributed by atoms with van der Waals surface area (Å²) in [5.74, 6) is 1.87. The van der Waals surface area contributed by atoms with Crippen molar-refractivity contribution in [2.45, 2.75) is 62.9 Å². The van der Waals surface area contributed by atoms with Crippen molar-refractivity contribution in [2.75, 3.05) is 36.1 Å². The van der Waals surface area contributed by atoms with Gasteiger partial charge in [0.1, 0.15) is 17.7 Å². The summed E-state index contributed by atoms with van der Waals surface area (Å²) in [6.07, 6.45) is 5.04. The van der Waals surface area contributed by atoms with Gasteiger partial charge in [-0.15, -0.1) is 0 Å². The summed E-state index contributed by atoms with van der Waals surface area (Å²) < 4.78 is 27.9. The highest BCUT2D eigenvalue weighted by atomic mass is 32.2. The normalized spacial score (nSPS) is 20.4. The second-order valence-corrected chi connectivity index (χ2v) is 11.7. The van der Waals surface area contributed by atoms with Crippen molar-refractivity contribution in [1.29, 1.82) is 0 Å². The zero-order valence-electron chi connectivity index (χ0n) is 18.9. The number of carbonyl (C=O) groups excluding carboxylic acids is 1. The number of nitrogens with one attached hydrogen (secondary N) is 1. The monoisotopic (exact) mass is 478 g/mol. The lowest BCUT2D eigenvalue weighted by Crippen LogP contribution is -2.47. The van der Waals surface area contributed by atoms with E-state index in [-0.39, 0.29) is 22.9 Å². The number of pyridine rings is 1. The Balaban J connectivity index is 1.35. The predicted octanol–water partition coefficient (Wildman–Crippen LogP) is 2.45. The van der Waals surface area contributed by atoms with E-state index in [9.17, 15) is 13.2 Å². The number of anilines is 2. The Labute approximate surface area is 193 Å². The number of aromatic nitrogens is 3. The number of rotatable bonds is 6. The summed E-state index contributed by atoms with van der Waals surface area (Å²) in [6.45, 7) is 8.45. The van der Waals surface area contributed by atoms with Crippen molar-refractivity contribution in [3.8, 4) is 0 Å². The van der Waals surface area contributed by atoms with E-state index in [4.69, 9.17) is 0 Å². The van der Waals surface area contributed by atoms with Gasteiger partial charge in [-0.2, -0.15) is 4.37 Å². The van der Waals surface area contributed by atoms with Crippen LogP contribution in [-0.2, 0) is 14.6 Å². The molecule has 2 fully saturated rings. The number of sulfone groups is 1. The minimum atomic E-state index is -3.31. The smallest absolute Gasteiger partial charge is 0.245 e. The first-order valence-electron chi connectivity index (χ1n) is 11.0. The third-order valence-corrected chi connectivity index (χ3v) is 8.03. The molecule has 2 aromatic rings. The zero-order chi connectivity index (χ0) is 23.0. The lowest BCUT2D eigenvalue weighted by Gasteiger charge is -2.36. The van der Waals surface area contributed by atoms with Crippen LogP contribution in [-0.4, -0.2) is 71.5 Å². The molecule has 0 aromatic carbocycles. The molecule has 0 spiro atoms. The molecular formula is C21H30N6O3S2. The van der Waals surface area contributed by atoms with Gasteiger partial charge in [-0.1, -0.05) is 13.8 Å². The van der Waals surface area contributed by atoms with Crippen LogP contribution in [0.3, 0.4) is 0 Å². The summed E-state index contributed by atoms with van der Waals surface area (Å²) in [5.41, 5.74) is 0.713. The van der Waals surface area contributed by atoms with E-state index in [1.165, 1.54) is 17.7 Å². The first-order chi connectivity index (χ1) is 15.1. The molecule has 0 aliphatic carbocycles. The predicted molar refractivity (Wildman–Crippen MR) is 125 cm³/mol. The van der Waals surface area contributed by atoms with Crippen LogP contribution in [0.1, 0.15) is 50.4 Å². The SMILES string of the molecule is Cc1cc(S(C)(=O)=O)cnc1NC1CCN(C2CCN(c3nc(C(C)C)ns3)CC2)C1=O. The van der Waals surface area contributed by atoms with E-state index in [2.05, 4.69) is 38.4 Å². The van der Waals surface area contributed by atoms with E-state index < -0.39 is 9.84 Å². The van der Waals surface area contributed by atoms with Crippen LogP contribution in [0, 0.1) is 6.92 Å². The van der Waals surface area contributed by atoms with E-state index in [0.717, 1.165) is 49.7 Å². The van der Waals surface area contributed by atoms with Gasteiger partial charge in [-0.05, 0) is 37.8 Å². The van der Waals surface area contributed by atoms with Crippen molar-refractivity contribution in [1.82, 2.24) is 19.2 Å². The Bertz CT molecular complexity index is 1090.